The third kappa shape index (κ3) is 2.82. The van der Waals surface area contributed by atoms with Crippen molar-refractivity contribution >= 4 is 5.91 Å². The molecular formula is C11H18N4O. The lowest BCUT2D eigenvalue weighted by atomic mass is 10.2. The highest BCUT2D eigenvalue weighted by molar-refractivity contribution is 5.76. The molecular weight excluding hydrogens is 204 g/mol. The summed E-state index contributed by atoms with van der Waals surface area (Å²) in [7, 11) is 1.89. The molecule has 5 nitrogen and oxygen atoms in total. The van der Waals surface area contributed by atoms with Gasteiger partial charge in [-0.2, -0.15) is 5.10 Å². The molecule has 2 heterocycles. The van der Waals surface area contributed by atoms with Crippen LogP contribution >= 0.6 is 0 Å². The van der Waals surface area contributed by atoms with Gasteiger partial charge in [-0.05, 0) is 12.0 Å². The van der Waals surface area contributed by atoms with E-state index in [9.17, 15) is 4.79 Å². The fourth-order valence-corrected chi connectivity index (χ4v) is 1.92. The van der Waals surface area contributed by atoms with E-state index >= 15 is 0 Å². The van der Waals surface area contributed by atoms with Crippen molar-refractivity contribution in [1.29, 1.82) is 0 Å². The van der Waals surface area contributed by atoms with Gasteiger partial charge < -0.3 is 10.2 Å². The van der Waals surface area contributed by atoms with Crippen molar-refractivity contribution in [3.63, 3.8) is 0 Å². The van der Waals surface area contributed by atoms with Crippen molar-refractivity contribution in [1.82, 2.24) is 20.0 Å². The maximum Gasteiger partial charge on any atom is 0.222 e. The monoisotopic (exact) mass is 222 g/mol. The molecule has 1 aliphatic rings. The largest absolute Gasteiger partial charge is 0.340 e. The number of hydrogen-bond donors (Lipinski definition) is 1. The fraction of sp³-hybridized carbons (Fsp3) is 0.636. The zero-order valence-electron chi connectivity index (χ0n) is 9.65. The van der Waals surface area contributed by atoms with Gasteiger partial charge in [0.15, 0.2) is 0 Å². The second-order valence-electron chi connectivity index (χ2n) is 4.15. The van der Waals surface area contributed by atoms with E-state index < -0.39 is 0 Å². The van der Waals surface area contributed by atoms with Crippen LogP contribution in [0, 0.1) is 0 Å². The van der Waals surface area contributed by atoms with E-state index in [1.54, 1.807) is 4.68 Å². The van der Waals surface area contributed by atoms with Gasteiger partial charge in [-0.15, -0.1) is 0 Å². The Kier molecular flexibility index (Phi) is 3.56. The second kappa shape index (κ2) is 5.12. The second-order valence-corrected chi connectivity index (χ2v) is 4.15. The Labute approximate surface area is 95.4 Å². The van der Waals surface area contributed by atoms with Crippen LogP contribution in [0.15, 0.2) is 12.4 Å². The minimum atomic E-state index is 0.255. The maximum atomic E-state index is 11.8. The maximum absolute atomic E-state index is 11.8. The molecule has 1 amide bonds. The minimum Gasteiger partial charge on any atom is -0.340 e. The van der Waals surface area contributed by atoms with Gasteiger partial charge in [-0.3, -0.25) is 9.48 Å². The molecule has 1 fully saturated rings. The van der Waals surface area contributed by atoms with Crippen molar-refractivity contribution in [2.75, 3.05) is 26.2 Å². The summed E-state index contributed by atoms with van der Waals surface area (Å²) in [4.78, 5) is 13.8. The molecule has 0 aromatic carbocycles. The minimum absolute atomic E-state index is 0.255. The van der Waals surface area contributed by atoms with Gasteiger partial charge in [0.05, 0.1) is 6.20 Å². The van der Waals surface area contributed by atoms with Crippen LogP contribution in [0.25, 0.3) is 0 Å². The van der Waals surface area contributed by atoms with E-state index in [0.717, 1.165) is 38.2 Å². The summed E-state index contributed by atoms with van der Waals surface area (Å²) in [5.41, 5.74) is 1.13. The first-order valence-electron chi connectivity index (χ1n) is 5.72. The van der Waals surface area contributed by atoms with E-state index in [-0.39, 0.29) is 5.91 Å². The van der Waals surface area contributed by atoms with Crippen LogP contribution in [0.5, 0.6) is 0 Å². The molecule has 0 atom stereocenters. The highest BCUT2D eigenvalue weighted by Crippen LogP contribution is 2.04. The molecule has 0 aliphatic carbocycles. The topological polar surface area (TPSA) is 50.2 Å². The first-order chi connectivity index (χ1) is 7.75. The van der Waals surface area contributed by atoms with Crippen molar-refractivity contribution in [3.8, 4) is 0 Å². The normalized spacial score (nSPS) is 16.4. The SMILES string of the molecule is Cn1cc(CCC(=O)N2CCNCC2)cn1. The summed E-state index contributed by atoms with van der Waals surface area (Å²) in [6, 6.07) is 0. The van der Waals surface area contributed by atoms with Crippen LogP contribution in [-0.2, 0) is 18.3 Å². The van der Waals surface area contributed by atoms with Gasteiger partial charge in [-0.1, -0.05) is 0 Å². The number of nitrogens with zero attached hydrogens (tertiary/aromatic N) is 3. The van der Waals surface area contributed by atoms with Gasteiger partial charge in [0, 0.05) is 45.8 Å². The molecule has 2 rings (SSSR count). The number of carbonyl (C=O) groups excluding carboxylic acids is 1. The zero-order valence-corrected chi connectivity index (χ0v) is 9.65. The number of piperazine rings is 1. The molecule has 0 spiro atoms. The van der Waals surface area contributed by atoms with Crippen LogP contribution in [-0.4, -0.2) is 46.8 Å². The zero-order chi connectivity index (χ0) is 11.4. The van der Waals surface area contributed by atoms with E-state index in [4.69, 9.17) is 0 Å². The predicted molar refractivity (Wildman–Crippen MR) is 61.0 cm³/mol. The smallest absolute Gasteiger partial charge is 0.222 e. The number of aromatic nitrogens is 2. The van der Waals surface area contributed by atoms with E-state index in [0.29, 0.717) is 6.42 Å². The molecule has 5 heteroatoms. The van der Waals surface area contributed by atoms with Crippen LogP contribution in [0.3, 0.4) is 0 Å². The third-order valence-corrected chi connectivity index (χ3v) is 2.86. The average molecular weight is 222 g/mol. The number of aryl methyl sites for hydroxylation is 2. The lowest BCUT2D eigenvalue weighted by molar-refractivity contribution is -0.131. The standard InChI is InChI=1S/C11H18N4O/c1-14-9-10(8-13-14)2-3-11(16)15-6-4-12-5-7-15/h8-9,12H,2-7H2,1H3. The lowest BCUT2D eigenvalue weighted by Gasteiger charge is -2.27. The highest BCUT2D eigenvalue weighted by atomic mass is 16.2. The van der Waals surface area contributed by atoms with E-state index in [2.05, 4.69) is 10.4 Å². The van der Waals surface area contributed by atoms with Crippen LogP contribution in [0.1, 0.15) is 12.0 Å². The van der Waals surface area contributed by atoms with Crippen LogP contribution in [0.2, 0.25) is 0 Å². The van der Waals surface area contributed by atoms with Gasteiger partial charge in [0.1, 0.15) is 0 Å². The number of hydrogen-bond acceptors (Lipinski definition) is 3. The van der Waals surface area contributed by atoms with Crippen molar-refractivity contribution < 1.29 is 4.79 Å². The number of rotatable bonds is 3. The summed E-state index contributed by atoms with van der Waals surface area (Å²) >= 11 is 0. The summed E-state index contributed by atoms with van der Waals surface area (Å²) in [5, 5.41) is 7.33. The summed E-state index contributed by atoms with van der Waals surface area (Å²) in [5.74, 6) is 0.255. The molecule has 0 bridgehead atoms. The first kappa shape index (κ1) is 11.1. The number of carbonyl (C=O) groups is 1. The van der Waals surface area contributed by atoms with Crippen molar-refractivity contribution in [2.45, 2.75) is 12.8 Å². The van der Waals surface area contributed by atoms with Gasteiger partial charge in [0.2, 0.25) is 5.91 Å². The Hall–Kier alpha value is -1.36. The Balaban J connectivity index is 1.78. The van der Waals surface area contributed by atoms with E-state index in [1.807, 2.05) is 24.3 Å². The highest BCUT2D eigenvalue weighted by Gasteiger charge is 2.15. The summed E-state index contributed by atoms with van der Waals surface area (Å²) in [6.07, 6.45) is 5.17. The third-order valence-electron chi connectivity index (χ3n) is 2.86. The summed E-state index contributed by atoms with van der Waals surface area (Å²) < 4.78 is 1.77. The molecule has 16 heavy (non-hydrogen) atoms. The molecule has 0 radical (unpaired) electrons. The van der Waals surface area contributed by atoms with Gasteiger partial charge >= 0.3 is 0 Å². The van der Waals surface area contributed by atoms with Crippen molar-refractivity contribution in [2.24, 2.45) is 7.05 Å². The number of amides is 1. The lowest BCUT2D eigenvalue weighted by Crippen LogP contribution is -2.46. The fourth-order valence-electron chi connectivity index (χ4n) is 1.92. The molecule has 1 aromatic heterocycles. The Morgan fingerprint density at radius 1 is 1.50 bits per heavy atom. The average Bonchev–Trinajstić information content (AvgIpc) is 2.73. The van der Waals surface area contributed by atoms with E-state index in [1.165, 1.54) is 0 Å². The van der Waals surface area contributed by atoms with Gasteiger partial charge in [-0.25, -0.2) is 0 Å². The molecule has 0 unspecified atom stereocenters. The van der Waals surface area contributed by atoms with Gasteiger partial charge in [0.25, 0.3) is 0 Å². The Bertz CT molecular complexity index is 355. The Morgan fingerprint density at radius 3 is 2.88 bits per heavy atom. The molecule has 0 saturated carbocycles. The first-order valence-corrected chi connectivity index (χ1v) is 5.72. The molecule has 1 saturated heterocycles. The summed E-state index contributed by atoms with van der Waals surface area (Å²) in [6.45, 7) is 3.51. The predicted octanol–water partition coefficient (Wildman–Crippen LogP) is -0.215. The molecule has 1 aliphatic heterocycles. The molecule has 88 valence electrons. The van der Waals surface area contributed by atoms with Crippen LogP contribution in [0.4, 0.5) is 0 Å². The number of nitrogens with one attached hydrogen (secondary N) is 1. The van der Waals surface area contributed by atoms with Crippen molar-refractivity contribution in [3.05, 3.63) is 18.0 Å². The molecule has 1 N–H and O–H groups in total. The Morgan fingerprint density at radius 2 is 2.25 bits per heavy atom. The quantitative estimate of drug-likeness (QED) is 0.769. The molecule has 1 aromatic rings. The van der Waals surface area contributed by atoms with Crippen LogP contribution < -0.4 is 5.32 Å².